The minimum absolute atomic E-state index is 0.0822. The van der Waals surface area contributed by atoms with E-state index in [1.54, 1.807) is 6.08 Å². The molecule has 0 atom stereocenters. The minimum atomic E-state index is 0.0822. The molecule has 0 saturated carbocycles. The molecule has 1 aliphatic heterocycles. The highest BCUT2D eigenvalue weighted by Crippen LogP contribution is 2.23. The lowest BCUT2D eigenvalue weighted by atomic mass is 9.99. The number of amides is 1. The maximum atomic E-state index is 12.2. The van der Waals surface area contributed by atoms with Gasteiger partial charge in [-0.05, 0) is 49.0 Å². The molecule has 1 aliphatic rings. The van der Waals surface area contributed by atoms with Crippen LogP contribution in [0, 0.1) is 5.92 Å². The van der Waals surface area contributed by atoms with Gasteiger partial charge in [0.1, 0.15) is 5.75 Å². The van der Waals surface area contributed by atoms with Gasteiger partial charge >= 0.3 is 0 Å². The van der Waals surface area contributed by atoms with Gasteiger partial charge in [0.25, 0.3) is 0 Å². The second kappa shape index (κ2) is 8.61. The third kappa shape index (κ3) is 5.31. The maximum absolute atomic E-state index is 12.2. The van der Waals surface area contributed by atoms with Gasteiger partial charge in [-0.3, -0.25) is 4.79 Å². The lowest BCUT2D eigenvalue weighted by Crippen LogP contribution is -2.36. The van der Waals surface area contributed by atoms with Crippen LogP contribution >= 0.6 is 0 Å². The summed E-state index contributed by atoms with van der Waals surface area (Å²) in [6.07, 6.45) is 7.77. The predicted molar refractivity (Wildman–Crippen MR) is 95.3 cm³/mol. The second-order valence-electron chi connectivity index (χ2n) is 6.34. The summed E-state index contributed by atoms with van der Waals surface area (Å²) in [7, 11) is 0. The molecule has 126 valence electrons. The van der Waals surface area contributed by atoms with Crippen molar-refractivity contribution in [2.75, 3.05) is 25.4 Å². The van der Waals surface area contributed by atoms with Crippen LogP contribution in [-0.4, -0.2) is 30.5 Å². The van der Waals surface area contributed by atoms with Gasteiger partial charge in [-0.2, -0.15) is 0 Å². The highest BCUT2D eigenvalue weighted by atomic mass is 16.5. The zero-order chi connectivity index (χ0) is 16.7. The van der Waals surface area contributed by atoms with E-state index in [1.165, 1.54) is 0 Å². The first-order chi connectivity index (χ1) is 11.1. The largest absolute Gasteiger partial charge is 0.491 e. The topological polar surface area (TPSA) is 55.6 Å². The van der Waals surface area contributed by atoms with Gasteiger partial charge in [0, 0.05) is 19.2 Å². The zero-order valence-corrected chi connectivity index (χ0v) is 14.3. The molecule has 1 fully saturated rings. The molecular weight excluding hydrogens is 288 g/mol. The minimum Gasteiger partial charge on any atom is -0.491 e. The first kappa shape index (κ1) is 17.4. The van der Waals surface area contributed by atoms with E-state index in [4.69, 9.17) is 10.5 Å². The number of hydrogen-bond donors (Lipinski definition) is 1. The molecule has 1 amide bonds. The van der Waals surface area contributed by atoms with Gasteiger partial charge in [0.15, 0.2) is 0 Å². The van der Waals surface area contributed by atoms with Crippen molar-refractivity contribution < 1.29 is 9.53 Å². The van der Waals surface area contributed by atoms with Crippen LogP contribution in [0.4, 0.5) is 5.69 Å². The Morgan fingerprint density at radius 3 is 2.78 bits per heavy atom. The molecule has 0 spiro atoms. The number of carbonyl (C=O) groups is 1. The number of nitrogens with two attached hydrogens (primary N) is 1. The van der Waals surface area contributed by atoms with Gasteiger partial charge in [0.05, 0.1) is 12.3 Å². The van der Waals surface area contributed by atoms with Gasteiger partial charge in [0.2, 0.25) is 5.91 Å². The number of carbonyl (C=O) groups excluding carboxylic acids is 1. The third-order valence-electron chi connectivity index (χ3n) is 4.30. The number of unbranched alkanes of at least 4 members (excludes halogenated alkanes) is 1. The number of nitrogen functional groups attached to an aromatic ring is 1. The Morgan fingerprint density at radius 2 is 2.13 bits per heavy atom. The molecule has 2 rings (SSSR count). The Hall–Kier alpha value is -1.97. The van der Waals surface area contributed by atoms with Crippen molar-refractivity contribution in [3.8, 4) is 5.75 Å². The Kier molecular flexibility index (Phi) is 6.51. The molecule has 0 unspecified atom stereocenters. The van der Waals surface area contributed by atoms with Crippen LogP contribution in [0.2, 0.25) is 0 Å². The Bertz CT molecular complexity index is 546. The van der Waals surface area contributed by atoms with Gasteiger partial charge in [-0.1, -0.05) is 26.3 Å². The molecule has 4 heteroatoms. The van der Waals surface area contributed by atoms with Crippen molar-refractivity contribution >= 4 is 17.7 Å². The smallest absolute Gasteiger partial charge is 0.246 e. The molecule has 1 heterocycles. The summed E-state index contributed by atoms with van der Waals surface area (Å²) < 4.78 is 5.64. The van der Waals surface area contributed by atoms with Crippen LogP contribution in [-0.2, 0) is 4.79 Å². The number of benzene rings is 1. The van der Waals surface area contributed by atoms with E-state index in [2.05, 4.69) is 13.8 Å². The number of anilines is 1. The molecule has 0 aromatic heterocycles. The molecule has 4 nitrogen and oxygen atoms in total. The van der Waals surface area contributed by atoms with E-state index < -0.39 is 0 Å². The Morgan fingerprint density at radius 1 is 1.39 bits per heavy atom. The van der Waals surface area contributed by atoms with E-state index >= 15 is 0 Å². The Labute approximate surface area is 139 Å². The monoisotopic (exact) mass is 316 g/mol. The summed E-state index contributed by atoms with van der Waals surface area (Å²) in [6.45, 7) is 6.76. The second-order valence-corrected chi connectivity index (χ2v) is 6.34. The molecule has 23 heavy (non-hydrogen) atoms. The van der Waals surface area contributed by atoms with Gasteiger partial charge < -0.3 is 15.4 Å². The summed E-state index contributed by atoms with van der Waals surface area (Å²) >= 11 is 0. The maximum Gasteiger partial charge on any atom is 0.246 e. The van der Waals surface area contributed by atoms with Crippen LogP contribution < -0.4 is 10.5 Å². The van der Waals surface area contributed by atoms with Crippen LogP contribution in [0.1, 0.15) is 45.1 Å². The van der Waals surface area contributed by atoms with E-state index in [9.17, 15) is 4.79 Å². The normalized spacial score (nSPS) is 16.0. The molecule has 1 aromatic carbocycles. The lowest BCUT2D eigenvalue weighted by molar-refractivity contribution is -0.127. The number of piperidine rings is 1. The van der Waals surface area contributed by atoms with Gasteiger partial charge in [-0.15, -0.1) is 0 Å². The molecule has 2 N–H and O–H groups in total. The Balaban J connectivity index is 1.91. The highest BCUT2D eigenvalue weighted by molar-refractivity contribution is 5.92. The van der Waals surface area contributed by atoms with Crippen molar-refractivity contribution in [1.29, 1.82) is 0 Å². The summed E-state index contributed by atoms with van der Waals surface area (Å²) in [5.41, 5.74) is 7.55. The fourth-order valence-corrected chi connectivity index (χ4v) is 2.63. The molecule has 0 aliphatic carbocycles. The van der Waals surface area contributed by atoms with Crippen molar-refractivity contribution in [1.82, 2.24) is 4.90 Å². The van der Waals surface area contributed by atoms with Crippen LogP contribution in [0.3, 0.4) is 0 Å². The molecule has 0 bridgehead atoms. The quantitative estimate of drug-likeness (QED) is 0.494. The molecule has 1 aromatic rings. The number of rotatable bonds is 6. The first-order valence-electron chi connectivity index (χ1n) is 8.59. The van der Waals surface area contributed by atoms with E-state index in [-0.39, 0.29) is 5.91 Å². The number of ether oxygens (including phenoxy) is 1. The van der Waals surface area contributed by atoms with Crippen LogP contribution in [0.5, 0.6) is 5.75 Å². The van der Waals surface area contributed by atoms with E-state index in [1.807, 2.05) is 29.2 Å². The average Bonchev–Trinajstić information content (AvgIpc) is 2.55. The van der Waals surface area contributed by atoms with Crippen molar-refractivity contribution in [3.63, 3.8) is 0 Å². The molecular formula is C19H28N2O2. The van der Waals surface area contributed by atoms with E-state index in [0.717, 1.165) is 50.3 Å². The average molecular weight is 316 g/mol. The summed E-state index contributed by atoms with van der Waals surface area (Å²) in [6, 6.07) is 5.65. The SMILES string of the molecule is CCCCOc1ccc(/C=C\C(=O)N2CCC(C)CC2)cc1N. The number of likely N-dealkylation sites (tertiary alicyclic amines) is 1. The fraction of sp³-hybridized carbons (Fsp3) is 0.526. The molecule has 0 radical (unpaired) electrons. The fourth-order valence-electron chi connectivity index (χ4n) is 2.63. The predicted octanol–water partition coefficient (Wildman–Crippen LogP) is 3.72. The number of nitrogens with zero attached hydrogens (tertiary/aromatic N) is 1. The standard InChI is InChI=1S/C19H28N2O2/c1-3-4-13-23-18-7-5-16(14-17(18)20)6-8-19(22)21-11-9-15(2)10-12-21/h5-8,14-15H,3-4,9-13,20H2,1-2H3/b8-6-. The molecule has 1 saturated heterocycles. The lowest BCUT2D eigenvalue weighted by Gasteiger charge is -2.29. The summed E-state index contributed by atoms with van der Waals surface area (Å²) in [4.78, 5) is 14.1. The van der Waals surface area contributed by atoms with Gasteiger partial charge in [-0.25, -0.2) is 0 Å². The highest BCUT2D eigenvalue weighted by Gasteiger charge is 2.18. The van der Waals surface area contributed by atoms with Crippen LogP contribution in [0.15, 0.2) is 24.3 Å². The number of hydrogen-bond acceptors (Lipinski definition) is 3. The zero-order valence-electron chi connectivity index (χ0n) is 14.3. The van der Waals surface area contributed by atoms with Crippen LogP contribution in [0.25, 0.3) is 6.08 Å². The van der Waals surface area contributed by atoms with Crippen molar-refractivity contribution in [2.24, 2.45) is 5.92 Å². The summed E-state index contributed by atoms with van der Waals surface area (Å²) in [5.74, 6) is 1.52. The first-order valence-corrected chi connectivity index (χ1v) is 8.59. The van der Waals surface area contributed by atoms with Crippen molar-refractivity contribution in [3.05, 3.63) is 29.8 Å². The third-order valence-corrected chi connectivity index (χ3v) is 4.30. The summed E-state index contributed by atoms with van der Waals surface area (Å²) in [5, 5.41) is 0. The van der Waals surface area contributed by atoms with Crippen molar-refractivity contribution in [2.45, 2.75) is 39.5 Å². The van der Waals surface area contributed by atoms with E-state index in [0.29, 0.717) is 18.0 Å².